The molecule has 3 aromatic rings. The van der Waals surface area contributed by atoms with E-state index in [9.17, 15) is 37.1 Å². The van der Waals surface area contributed by atoms with E-state index in [1.807, 2.05) is 0 Å². The third-order valence-corrected chi connectivity index (χ3v) is 7.87. The summed E-state index contributed by atoms with van der Waals surface area (Å²) in [5.74, 6) is -1.41. The number of likely N-dealkylation sites (tertiary alicyclic amines) is 1. The van der Waals surface area contributed by atoms with Crippen LogP contribution in [0.15, 0.2) is 39.9 Å². The highest BCUT2D eigenvalue weighted by Gasteiger charge is 2.32. The van der Waals surface area contributed by atoms with Gasteiger partial charge in [-0.05, 0) is 12.5 Å². The molecule has 1 amide bonds. The Bertz CT molecular complexity index is 1530. The zero-order chi connectivity index (χ0) is 28.5. The molecule has 0 bridgehead atoms. The van der Waals surface area contributed by atoms with E-state index in [0.717, 1.165) is 15.9 Å². The van der Waals surface area contributed by atoms with E-state index in [4.69, 9.17) is 4.74 Å². The Kier molecular flexibility index (Phi) is 8.09. The second-order valence-corrected chi connectivity index (χ2v) is 10.3. The van der Waals surface area contributed by atoms with Gasteiger partial charge in [0, 0.05) is 45.0 Å². The zero-order valence-corrected chi connectivity index (χ0v) is 22.1. The summed E-state index contributed by atoms with van der Waals surface area (Å²) in [6.07, 6.45) is -5.41. The summed E-state index contributed by atoms with van der Waals surface area (Å²) in [4.78, 5) is 65.8. The van der Waals surface area contributed by atoms with E-state index in [0.29, 0.717) is 17.4 Å². The molecule has 1 aliphatic heterocycles. The van der Waals surface area contributed by atoms with Gasteiger partial charge >= 0.3 is 17.8 Å². The number of amides is 1. The first kappa shape index (κ1) is 28.3. The number of ether oxygens (including phenoxy) is 1. The minimum Gasteiger partial charge on any atom is -0.462 e. The van der Waals surface area contributed by atoms with Crippen molar-refractivity contribution in [1.82, 2.24) is 14.0 Å². The lowest BCUT2D eigenvalue weighted by Crippen LogP contribution is -2.42. The van der Waals surface area contributed by atoms with Gasteiger partial charge in [0.05, 0.1) is 23.2 Å². The summed E-state index contributed by atoms with van der Waals surface area (Å²) in [6.45, 7) is 1.92. The molecule has 13 heteroatoms. The Labute approximate surface area is 224 Å². The quantitative estimate of drug-likeness (QED) is 0.321. The number of hydrogen-bond donors (Lipinski definition) is 0. The maximum absolute atomic E-state index is 13.5. The Balaban J connectivity index is 1.76. The molecule has 0 spiro atoms. The lowest BCUT2D eigenvalue weighted by atomic mass is 10.1. The van der Waals surface area contributed by atoms with Crippen LogP contribution >= 0.6 is 11.3 Å². The number of Topliss-reactive ketones (excluding diaryl/α,β-unsaturated/α-hetero) is 1. The van der Waals surface area contributed by atoms with Gasteiger partial charge < -0.3 is 9.64 Å². The maximum atomic E-state index is 13.5. The highest BCUT2D eigenvalue weighted by atomic mass is 32.1. The molecule has 208 valence electrons. The van der Waals surface area contributed by atoms with E-state index >= 15 is 0 Å². The first-order chi connectivity index (χ1) is 18.4. The number of carbonyl (C=O) groups excluding carboxylic acids is 3. The van der Waals surface area contributed by atoms with E-state index < -0.39 is 54.6 Å². The molecule has 9 nitrogen and oxygen atoms in total. The van der Waals surface area contributed by atoms with Crippen molar-refractivity contribution in [3.8, 4) is 0 Å². The Hall–Kier alpha value is -3.74. The van der Waals surface area contributed by atoms with Crippen molar-refractivity contribution in [2.75, 3.05) is 13.1 Å². The van der Waals surface area contributed by atoms with E-state index in [2.05, 4.69) is 0 Å². The summed E-state index contributed by atoms with van der Waals surface area (Å²) < 4.78 is 46.0. The minimum atomic E-state index is -4.58. The number of rotatable bonds is 7. The Morgan fingerprint density at radius 3 is 2.28 bits per heavy atom. The number of halogens is 3. The normalized spacial score (nSPS) is 14.5. The molecule has 0 unspecified atom stereocenters. The Morgan fingerprint density at radius 2 is 1.69 bits per heavy atom. The molecule has 0 saturated carbocycles. The lowest BCUT2D eigenvalue weighted by molar-refractivity contribution is -0.148. The van der Waals surface area contributed by atoms with Crippen LogP contribution in [0.4, 0.5) is 13.2 Å². The van der Waals surface area contributed by atoms with Crippen molar-refractivity contribution in [2.45, 2.75) is 58.5 Å². The summed E-state index contributed by atoms with van der Waals surface area (Å²) in [5, 5.41) is -0.0687. The minimum absolute atomic E-state index is 0.0479. The monoisotopic (exact) mass is 565 g/mol. The number of thiophene rings is 1. The second-order valence-electron chi connectivity index (χ2n) is 9.32. The van der Waals surface area contributed by atoms with Crippen molar-refractivity contribution in [2.24, 2.45) is 0 Å². The number of piperidine rings is 1. The van der Waals surface area contributed by atoms with Gasteiger partial charge in [-0.15, -0.1) is 11.3 Å². The first-order valence-corrected chi connectivity index (χ1v) is 13.1. The number of carbonyl (C=O) groups is 3. The van der Waals surface area contributed by atoms with E-state index in [1.165, 1.54) is 30.9 Å². The van der Waals surface area contributed by atoms with Crippen molar-refractivity contribution >= 4 is 39.2 Å². The smallest absolute Gasteiger partial charge is 0.390 e. The lowest BCUT2D eigenvalue weighted by Gasteiger charge is -2.31. The predicted molar refractivity (Wildman–Crippen MR) is 137 cm³/mol. The van der Waals surface area contributed by atoms with Gasteiger partial charge in [0.2, 0.25) is 0 Å². The van der Waals surface area contributed by atoms with Crippen LogP contribution in [-0.4, -0.2) is 57.1 Å². The summed E-state index contributed by atoms with van der Waals surface area (Å²) >= 11 is 0.787. The predicted octanol–water partition coefficient (Wildman–Crippen LogP) is 3.54. The van der Waals surface area contributed by atoms with Crippen LogP contribution in [0.1, 0.15) is 51.8 Å². The van der Waals surface area contributed by atoms with E-state index in [1.54, 1.807) is 18.2 Å². The summed E-state index contributed by atoms with van der Waals surface area (Å²) in [6, 6.07) is 7.91. The van der Waals surface area contributed by atoms with Gasteiger partial charge in [-0.25, -0.2) is 4.79 Å². The number of benzene rings is 1. The molecule has 1 aromatic carbocycles. The molecule has 0 atom stereocenters. The highest BCUT2D eigenvalue weighted by Crippen LogP contribution is 2.31. The number of hydrogen-bond acceptors (Lipinski definition) is 7. The van der Waals surface area contributed by atoms with Crippen molar-refractivity contribution in [3.63, 3.8) is 0 Å². The standard InChI is InChI=1S/C26H26F3N3O6S/c1-15-20-22(35)32(14-19(34)17-6-4-3-5-7-17)25(37)31(13-10-26(27,28)29)24(20)39-21(15)23(36)30-11-8-18(9-12-30)38-16(2)33/h3-7,18H,8-14H2,1-2H3. The van der Waals surface area contributed by atoms with Crippen LogP contribution in [0.25, 0.3) is 10.2 Å². The SMILES string of the molecule is CC(=O)OC1CCN(C(=O)c2sc3c(c2C)c(=O)n(CC(=O)c2ccccc2)c(=O)n3CCC(F)(F)F)CC1. The van der Waals surface area contributed by atoms with Crippen LogP contribution in [0, 0.1) is 6.92 Å². The average Bonchev–Trinajstić information content (AvgIpc) is 3.22. The number of esters is 1. The molecule has 39 heavy (non-hydrogen) atoms. The van der Waals surface area contributed by atoms with Gasteiger partial charge in [0.25, 0.3) is 11.5 Å². The average molecular weight is 566 g/mol. The van der Waals surface area contributed by atoms with E-state index in [-0.39, 0.29) is 45.4 Å². The maximum Gasteiger partial charge on any atom is 0.390 e. The highest BCUT2D eigenvalue weighted by molar-refractivity contribution is 7.20. The Morgan fingerprint density at radius 1 is 1.05 bits per heavy atom. The van der Waals surface area contributed by atoms with Gasteiger partial charge in [-0.2, -0.15) is 13.2 Å². The molecular weight excluding hydrogens is 539 g/mol. The third kappa shape index (κ3) is 6.13. The topological polar surface area (TPSA) is 108 Å². The van der Waals surface area contributed by atoms with Gasteiger partial charge in [0.15, 0.2) is 5.78 Å². The van der Waals surface area contributed by atoms with Crippen molar-refractivity contribution < 1.29 is 32.3 Å². The number of aromatic nitrogens is 2. The van der Waals surface area contributed by atoms with Gasteiger partial charge in [-0.3, -0.25) is 28.3 Å². The van der Waals surface area contributed by atoms with Crippen LogP contribution in [0.2, 0.25) is 0 Å². The van der Waals surface area contributed by atoms with Crippen LogP contribution in [0.3, 0.4) is 0 Å². The number of fused-ring (bicyclic) bond motifs is 1. The summed E-state index contributed by atoms with van der Waals surface area (Å²) in [7, 11) is 0. The molecular formula is C26H26F3N3O6S. The van der Waals surface area contributed by atoms with Crippen LogP contribution < -0.4 is 11.2 Å². The number of ketones is 1. The van der Waals surface area contributed by atoms with Gasteiger partial charge in [-0.1, -0.05) is 30.3 Å². The fourth-order valence-electron chi connectivity index (χ4n) is 4.59. The molecule has 0 N–H and O–H groups in total. The largest absolute Gasteiger partial charge is 0.462 e. The van der Waals surface area contributed by atoms with Crippen molar-refractivity contribution in [3.05, 3.63) is 67.2 Å². The summed E-state index contributed by atoms with van der Waals surface area (Å²) in [5.41, 5.74) is -1.43. The van der Waals surface area contributed by atoms with Gasteiger partial charge in [0.1, 0.15) is 10.9 Å². The number of aryl methyl sites for hydroxylation is 2. The van der Waals surface area contributed by atoms with Crippen molar-refractivity contribution in [1.29, 1.82) is 0 Å². The first-order valence-electron chi connectivity index (χ1n) is 12.3. The second kappa shape index (κ2) is 11.2. The number of alkyl halides is 3. The fourth-order valence-corrected chi connectivity index (χ4v) is 5.87. The molecule has 0 radical (unpaired) electrons. The molecule has 1 fully saturated rings. The molecule has 1 aliphatic rings. The molecule has 3 heterocycles. The third-order valence-electron chi connectivity index (χ3n) is 6.57. The fraction of sp³-hybridized carbons (Fsp3) is 0.423. The van der Waals surface area contributed by atoms with Crippen LogP contribution in [0.5, 0.6) is 0 Å². The molecule has 2 aromatic heterocycles. The zero-order valence-electron chi connectivity index (χ0n) is 21.2. The van der Waals surface area contributed by atoms with Crippen LogP contribution in [-0.2, 0) is 22.6 Å². The molecule has 1 saturated heterocycles. The molecule has 4 rings (SSSR count). The number of nitrogens with zero attached hydrogens (tertiary/aromatic N) is 3. The molecule has 0 aliphatic carbocycles.